The van der Waals surface area contributed by atoms with Crippen LogP contribution in [0.3, 0.4) is 0 Å². The molecule has 1 spiro atoms. The molecule has 1 N–H and O–H groups in total. The van der Waals surface area contributed by atoms with Crippen molar-refractivity contribution in [3.05, 3.63) is 0 Å². The Morgan fingerprint density at radius 3 is 2.22 bits per heavy atom. The molecule has 1 saturated carbocycles. The molecule has 0 radical (unpaired) electrons. The molecule has 0 unspecified atom stereocenters. The number of carbonyl (C=O) groups excluding carboxylic acids is 2. The first kappa shape index (κ1) is 16.7. The average molecular weight is 344 g/mol. The molecular formula is C14H24N4O4S. The molecular weight excluding hydrogens is 320 g/mol. The van der Waals surface area contributed by atoms with Crippen molar-refractivity contribution in [3.63, 3.8) is 0 Å². The number of hydrogen-bond donors (Lipinski definition) is 1. The molecule has 0 atom stereocenters. The maximum absolute atomic E-state index is 12.7. The molecule has 1 aliphatic carbocycles. The topological polar surface area (TPSA) is 90.0 Å². The average Bonchev–Trinajstić information content (AvgIpc) is 2.72. The molecule has 0 aromatic carbocycles. The summed E-state index contributed by atoms with van der Waals surface area (Å²) >= 11 is 0. The Bertz CT molecular complexity index is 592. The number of hydrogen-bond acceptors (Lipinski definition) is 5. The van der Waals surface area contributed by atoms with Crippen LogP contribution in [0.1, 0.15) is 32.1 Å². The van der Waals surface area contributed by atoms with Crippen molar-refractivity contribution in [2.24, 2.45) is 0 Å². The molecule has 9 heteroatoms. The molecule has 3 fully saturated rings. The van der Waals surface area contributed by atoms with Gasteiger partial charge in [-0.05, 0) is 12.8 Å². The fourth-order valence-electron chi connectivity index (χ4n) is 3.70. The van der Waals surface area contributed by atoms with Gasteiger partial charge in [0.15, 0.2) is 0 Å². The van der Waals surface area contributed by atoms with E-state index < -0.39 is 15.6 Å². The summed E-state index contributed by atoms with van der Waals surface area (Å²) in [4.78, 5) is 28.2. The molecule has 3 rings (SSSR count). The quantitative estimate of drug-likeness (QED) is 0.715. The van der Waals surface area contributed by atoms with Crippen LogP contribution in [-0.4, -0.2) is 79.1 Å². The van der Waals surface area contributed by atoms with E-state index in [1.54, 1.807) is 0 Å². The van der Waals surface area contributed by atoms with Crippen molar-refractivity contribution in [1.29, 1.82) is 0 Å². The lowest BCUT2D eigenvalue weighted by Gasteiger charge is -2.35. The van der Waals surface area contributed by atoms with Gasteiger partial charge < -0.3 is 5.32 Å². The summed E-state index contributed by atoms with van der Waals surface area (Å²) in [5.41, 5.74) is -0.691. The Morgan fingerprint density at radius 1 is 1.04 bits per heavy atom. The van der Waals surface area contributed by atoms with Crippen molar-refractivity contribution in [3.8, 4) is 0 Å². The van der Waals surface area contributed by atoms with Crippen molar-refractivity contribution in [2.75, 3.05) is 39.1 Å². The van der Waals surface area contributed by atoms with E-state index in [4.69, 9.17) is 0 Å². The molecule has 2 aliphatic heterocycles. The second-order valence-electron chi connectivity index (χ2n) is 6.73. The Morgan fingerprint density at radius 2 is 1.65 bits per heavy atom. The zero-order chi connectivity index (χ0) is 16.7. The van der Waals surface area contributed by atoms with E-state index in [-0.39, 0.29) is 18.6 Å². The van der Waals surface area contributed by atoms with Crippen molar-refractivity contribution in [1.82, 2.24) is 19.4 Å². The number of sulfonamides is 1. The molecule has 2 saturated heterocycles. The number of amides is 3. The van der Waals surface area contributed by atoms with Gasteiger partial charge in [-0.2, -0.15) is 4.31 Å². The number of urea groups is 1. The minimum absolute atomic E-state index is 0.118. The van der Waals surface area contributed by atoms with Gasteiger partial charge in [-0.25, -0.2) is 18.1 Å². The predicted molar refractivity (Wildman–Crippen MR) is 84.1 cm³/mol. The fourth-order valence-corrected chi connectivity index (χ4v) is 4.53. The molecule has 2 heterocycles. The van der Waals surface area contributed by atoms with Gasteiger partial charge in [0.1, 0.15) is 5.54 Å². The van der Waals surface area contributed by atoms with Crippen LogP contribution >= 0.6 is 0 Å². The largest absolute Gasteiger partial charge is 0.326 e. The SMILES string of the molecule is CS(=O)(=O)N1CCN(CN2C(=O)NC3(CCCCC3)C2=O)CC1. The van der Waals surface area contributed by atoms with Gasteiger partial charge >= 0.3 is 6.03 Å². The molecule has 8 nitrogen and oxygen atoms in total. The standard InChI is InChI=1S/C14H24N4O4S/c1-23(21,22)17-9-7-16(8-10-17)11-18-12(19)14(15-13(18)20)5-3-2-4-6-14/h2-11H2,1H3,(H,15,20). The van der Waals surface area contributed by atoms with Gasteiger partial charge in [-0.1, -0.05) is 19.3 Å². The minimum atomic E-state index is -3.17. The number of piperazine rings is 1. The molecule has 0 bridgehead atoms. The third kappa shape index (κ3) is 3.22. The maximum Gasteiger partial charge on any atom is 0.326 e. The van der Waals surface area contributed by atoms with Crippen LogP contribution in [0.5, 0.6) is 0 Å². The van der Waals surface area contributed by atoms with Gasteiger partial charge in [-0.3, -0.25) is 9.69 Å². The Balaban J connectivity index is 1.61. The lowest BCUT2D eigenvalue weighted by molar-refractivity contribution is -0.134. The van der Waals surface area contributed by atoms with Gasteiger partial charge in [0.25, 0.3) is 5.91 Å². The van der Waals surface area contributed by atoms with E-state index in [0.29, 0.717) is 26.2 Å². The Labute approximate surface area is 136 Å². The Hall–Kier alpha value is -1.19. The van der Waals surface area contributed by atoms with Crippen LogP contribution in [0.25, 0.3) is 0 Å². The fraction of sp³-hybridized carbons (Fsp3) is 0.857. The summed E-state index contributed by atoms with van der Waals surface area (Å²) in [5.74, 6) is -0.118. The zero-order valence-electron chi connectivity index (χ0n) is 13.5. The van der Waals surface area contributed by atoms with Gasteiger partial charge in [0.2, 0.25) is 10.0 Å². The van der Waals surface area contributed by atoms with Crippen LogP contribution < -0.4 is 5.32 Å². The zero-order valence-corrected chi connectivity index (χ0v) is 14.3. The van der Waals surface area contributed by atoms with E-state index in [1.165, 1.54) is 15.5 Å². The lowest BCUT2D eigenvalue weighted by atomic mass is 9.82. The summed E-state index contributed by atoms with van der Waals surface area (Å²) < 4.78 is 24.5. The van der Waals surface area contributed by atoms with Crippen LogP contribution in [-0.2, 0) is 14.8 Å². The Kier molecular flexibility index (Phi) is 4.37. The maximum atomic E-state index is 12.7. The van der Waals surface area contributed by atoms with Crippen molar-refractivity contribution >= 4 is 22.0 Å². The van der Waals surface area contributed by atoms with Crippen LogP contribution in [0.4, 0.5) is 4.79 Å². The highest BCUT2D eigenvalue weighted by Gasteiger charge is 2.51. The second-order valence-corrected chi connectivity index (χ2v) is 8.71. The minimum Gasteiger partial charge on any atom is -0.323 e. The highest BCUT2D eigenvalue weighted by Crippen LogP contribution is 2.33. The first-order valence-corrected chi connectivity index (χ1v) is 9.98. The molecule has 0 aromatic rings. The van der Waals surface area contributed by atoms with Crippen LogP contribution in [0.15, 0.2) is 0 Å². The number of nitrogens with zero attached hydrogens (tertiary/aromatic N) is 3. The number of carbonyl (C=O) groups is 2. The molecule has 3 aliphatic rings. The van der Waals surface area contributed by atoms with Crippen molar-refractivity contribution < 1.29 is 18.0 Å². The first-order chi connectivity index (χ1) is 10.8. The lowest BCUT2D eigenvalue weighted by Crippen LogP contribution is -2.53. The van der Waals surface area contributed by atoms with E-state index in [0.717, 1.165) is 32.1 Å². The van der Waals surface area contributed by atoms with Crippen LogP contribution in [0, 0.1) is 0 Å². The monoisotopic (exact) mass is 344 g/mol. The highest BCUT2D eigenvalue weighted by atomic mass is 32.2. The highest BCUT2D eigenvalue weighted by molar-refractivity contribution is 7.88. The van der Waals surface area contributed by atoms with E-state index in [2.05, 4.69) is 5.32 Å². The van der Waals surface area contributed by atoms with E-state index in [9.17, 15) is 18.0 Å². The predicted octanol–water partition coefficient (Wildman–Crippen LogP) is -0.224. The van der Waals surface area contributed by atoms with Crippen LogP contribution in [0.2, 0.25) is 0 Å². The summed E-state index contributed by atoms with van der Waals surface area (Å²) in [5, 5.41) is 2.90. The summed E-state index contributed by atoms with van der Waals surface area (Å²) in [6, 6.07) is -0.317. The van der Waals surface area contributed by atoms with Gasteiger partial charge in [0.05, 0.1) is 12.9 Å². The smallest absolute Gasteiger partial charge is 0.323 e. The third-order valence-corrected chi connectivity index (χ3v) is 6.40. The molecule has 130 valence electrons. The summed E-state index contributed by atoms with van der Waals surface area (Å²) in [6.07, 6.45) is 5.68. The van der Waals surface area contributed by atoms with Crippen molar-refractivity contribution in [2.45, 2.75) is 37.6 Å². The number of imide groups is 1. The normalized spacial score (nSPS) is 26.7. The molecule has 0 aromatic heterocycles. The van der Waals surface area contributed by atoms with Gasteiger partial charge in [-0.15, -0.1) is 0 Å². The van der Waals surface area contributed by atoms with E-state index >= 15 is 0 Å². The third-order valence-electron chi connectivity index (χ3n) is 5.09. The second kappa shape index (κ2) is 6.03. The molecule has 23 heavy (non-hydrogen) atoms. The first-order valence-electron chi connectivity index (χ1n) is 8.13. The summed E-state index contributed by atoms with van der Waals surface area (Å²) in [7, 11) is -3.17. The molecule has 3 amide bonds. The summed E-state index contributed by atoms with van der Waals surface area (Å²) in [6.45, 7) is 2.08. The van der Waals surface area contributed by atoms with Gasteiger partial charge in [0, 0.05) is 26.2 Å². The number of nitrogens with one attached hydrogen (secondary N) is 1. The number of rotatable bonds is 3. The van der Waals surface area contributed by atoms with E-state index in [1.807, 2.05) is 4.90 Å².